The van der Waals surface area contributed by atoms with Gasteiger partial charge in [0.1, 0.15) is 0 Å². The van der Waals surface area contributed by atoms with Crippen molar-refractivity contribution in [3.63, 3.8) is 0 Å². The quantitative estimate of drug-likeness (QED) is 0.609. The third-order valence-corrected chi connectivity index (χ3v) is 2.53. The minimum Gasteiger partial charge on any atom is -0.481 e. The molecule has 4 heteroatoms. The molecule has 1 atom stereocenters. The van der Waals surface area contributed by atoms with Crippen LogP contribution in [0.3, 0.4) is 0 Å². The zero-order valence-corrected chi connectivity index (χ0v) is 9.21. The number of carboxylic acids is 1. The molecular formula is C10H20O4. The maximum absolute atomic E-state index is 10.9. The molecule has 1 unspecified atom stereocenters. The van der Waals surface area contributed by atoms with E-state index in [1.54, 1.807) is 14.0 Å². The Hall–Kier alpha value is -0.610. The van der Waals surface area contributed by atoms with Gasteiger partial charge in [-0.3, -0.25) is 4.79 Å². The summed E-state index contributed by atoms with van der Waals surface area (Å²) in [4.78, 5) is 10.9. The lowest BCUT2D eigenvalue weighted by Gasteiger charge is -2.22. The van der Waals surface area contributed by atoms with Crippen LogP contribution in [0.25, 0.3) is 0 Å². The molecule has 0 bridgehead atoms. The van der Waals surface area contributed by atoms with Crippen LogP contribution in [-0.4, -0.2) is 38.0 Å². The van der Waals surface area contributed by atoms with Gasteiger partial charge in [-0.05, 0) is 19.8 Å². The minimum absolute atomic E-state index is 0.472. The van der Waals surface area contributed by atoms with Crippen LogP contribution in [0.2, 0.25) is 0 Å². The molecule has 0 heterocycles. The van der Waals surface area contributed by atoms with Crippen LogP contribution in [0.1, 0.15) is 26.7 Å². The molecule has 0 amide bonds. The molecule has 0 spiro atoms. The Morgan fingerprint density at radius 3 is 2.43 bits per heavy atom. The highest BCUT2D eigenvalue weighted by atomic mass is 16.5. The Labute approximate surface area is 85.2 Å². The summed E-state index contributed by atoms with van der Waals surface area (Å²) in [7, 11) is 1.61. The van der Waals surface area contributed by atoms with Gasteiger partial charge in [0.2, 0.25) is 0 Å². The normalized spacial score (nSPS) is 15.1. The summed E-state index contributed by atoms with van der Waals surface area (Å²) in [5.41, 5.74) is -0.660. The summed E-state index contributed by atoms with van der Waals surface area (Å²) < 4.78 is 10.0. The standard InChI is InChI=1S/C10H20O4/c1-4-10(2,9(11)12)5-6-14-8-7-13-3/h4-8H2,1-3H3,(H,11,12). The zero-order chi connectivity index (χ0) is 11.0. The highest BCUT2D eigenvalue weighted by Crippen LogP contribution is 2.25. The first-order chi connectivity index (χ1) is 6.56. The predicted molar refractivity (Wildman–Crippen MR) is 53.3 cm³/mol. The second kappa shape index (κ2) is 6.79. The topological polar surface area (TPSA) is 55.8 Å². The fourth-order valence-corrected chi connectivity index (χ4v) is 0.977. The van der Waals surface area contributed by atoms with Crippen LogP contribution in [0.5, 0.6) is 0 Å². The van der Waals surface area contributed by atoms with Gasteiger partial charge in [-0.15, -0.1) is 0 Å². The summed E-state index contributed by atoms with van der Waals surface area (Å²) in [5.74, 6) is -0.754. The van der Waals surface area contributed by atoms with Crippen molar-refractivity contribution in [2.45, 2.75) is 26.7 Å². The van der Waals surface area contributed by atoms with Crippen molar-refractivity contribution in [3.8, 4) is 0 Å². The van der Waals surface area contributed by atoms with E-state index in [9.17, 15) is 4.79 Å². The second-order valence-electron chi connectivity index (χ2n) is 3.57. The van der Waals surface area contributed by atoms with E-state index in [-0.39, 0.29) is 0 Å². The van der Waals surface area contributed by atoms with E-state index >= 15 is 0 Å². The van der Waals surface area contributed by atoms with E-state index in [0.717, 1.165) is 0 Å². The molecule has 0 aromatic rings. The van der Waals surface area contributed by atoms with Crippen molar-refractivity contribution in [3.05, 3.63) is 0 Å². The summed E-state index contributed by atoms with van der Waals surface area (Å²) >= 11 is 0. The first-order valence-corrected chi connectivity index (χ1v) is 4.87. The molecule has 0 fully saturated rings. The molecule has 1 N–H and O–H groups in total. The monoisotopic (exact) mass is 204 g/mol. The number of rotatable bonds is 8. The van der Waals surface area contributed by atoms with E-state index in [0.29, 0.717) is 32.7 Å². The fraction of sp³-hybridized carbons (Fsp3) is 0.900. The molecule has 0 radical (unpaired) electrons. The molecule has 4 nitrogen and oxygen atoms in total. The van der Waals surface area contributed by atoms with Gasteiger partial charge in [-0.1, -0.05) is 6.92 Å². The highest BCUT2D eigenvalue weighted by Gasteiger charge is 2.30. The average Bonchev–Trinajstić information content (AvgIpc) is 2.17. The lowest BCUT2D eigenvalue weighted by Crippen LogP contribution is -2.28. The van der Waals surface area contributed by atoms with Crippen molar-refractivity contribution >= 4 is 5.97 Å². The molecule has 84 valence electrons. The van der Waals surface area contributed by atoms with Crippen molar-refractivity contribution in [1.82, 2.24) is 0 Å². The van der Waals surface area contributed by atoms with E-state index < -0.39 is 11.4 Å². The zero-order valence-electron chi connectivity index (χ0n) is 9.21. The predicted octanol–water partition coefficient (Wildman–Crippen LogP) is 1.54. The van der Waals surface area contributed by atoms with E-state index in [4.69, 9.17) is 14.6 Å². The number of hydrogen-bond acceptors (Lipinski definition) is 3. The smallest absolute Gasteiger partial charge is 0.309 e. The third-order valence-electron chi connectivity index (χ3n) is 2.53. The van der Waals surface area contributed by atoms with Crippen LogP contribution in [0, 0.1) is 5.41 Å². The first-order valence-electron chi connectivity index (χ1n) is 4.87. The van der Waals surface area contributed by atoms with Gasteiger partial charge < -0.3 is 14.6 Å². The van der Waals surface area contributed by atoms with Gasteiger partial charge >= 0.3 is 5.97 Å². The largest absolute Gasteiger partial charge is 0.481 e. The maximum atomic E-state index is 10.9. The van der Waals surface area contributed by atoms with Crippen LogP contribution < -0.4 is 0 Å². The number of aliphatic carboxylic acids is 1. The summed E-state index contributed by atoms with van der Waals surface area (Å²) in [6, 6.07) is 0. The maximum Gasteiger partial charge on any atom is 0.309 e. The summed E-state index contributed by atoms with van der Waals surface area (Å²) in [5, 5.41) is 8.95. The molecule has 0 saturated heterocycles. The summed E-state index contributed by atoms with van der Waals surface area (Å²) in [6.45, 7) is 5.17. The Balaban J connectivity index is 3.68. The van der Waals surface area contributed by atoms with Gasteiger partial charge in [-0.25, -0.2) is 0 Å². The lowest BCUT2D eigenvalue weighted by atomic mass is 9.84. The summed E-state index contributed by atoms with van der Waals surface area (Å²) in [6.07, 6.45) is 1.17. The molecular weight excluding hydrogens is 184 g/mol. The van der Waals surface area contributed by atoms with Crippen LogP contribution >= 0.6 is 0 Å². The Bertz CT molecular complexity index is 170. The number of carbonyl (C=O) groups is 1. The van der Waals surface area contributed by atoms with Crippen LogP contribution in [0.15, 0.2) is 0 Å². The van der Waals surface area contributed by atoms with Crippen molar-refractivity contribution in [1.29, 1.82) is 0 Å². The second-order valence-corrected chi connectivity index (χ2v) is 3.57. The van der Waals surface area contributed by atoms with Crippen molar-refractivity contribution < 1.29 is 19.4 Å². The van der Waals surface area contributed by atoms with E-state index in [1.807, 2.05) is 6.92 Å². The number of hydrogen-bond donors (Lipinski definition) is 1. The highest BCUT2D eigenvalue weighted by molar-refractivity contribution is 5.73. The Kier molecular flexibility index (Phi) is 6.49. The number of methoxy groups -OCH3 is 1. The molecule has 0 aliphatic rings. The number of ether oxygens (including phenoxy) is 2. The van der Waals surface area contributed by atoms with Gasteiger partial charge in [0.05, 0.1) is 18.6 Å². The molecule has 0 aromatic heterocycles. The SMILES string of the molecule is CCC(C)(CCOCCOC)C(=O)O. The Morgan fingerprint density at radius 2 is 2.00 bits per heavy atom. The van der Waals surface area contributed by atoms with Crippen LogP contribution in [-0.2, 0) is 14.3 Å². The van der Waals surface area contributed by atoms with Crippen molar-refractivity contribution in [2.75, 3.05) is 26.9 Å². The number of carboxylic acid groups (broad SMARTS) is 1. The van der Waals surface area contributed by atoms with Gasteiger partial charge in [0.25, 0.3) is 0 Å². The molecule has 0 aliphatic heterocycles. The molecule has 0 aromatic carbocycles. The lowest BCUT2D eigenvalue weighted by molar-refractivity contribution is -0.149. The van der Waals surface area contributed by atoms with Gasteiger partial charge in [-0.2, -0.15) is 0 Å². The van der Waals surface area contributed by atoms with Crippen LogP contribution in [0.4, 0.5) is 0 Å². The van der Waals surface area contributed by atoms with Gasteiger partial charge in [0, 0.05) is 13.7 Å². The average molecular weight is 204 g/mol. The minimum atomic E-state index is -0.754. The Morgan fingerprint density at radius 1 is 1.36 bits per heavy atom. The van der Waals surface area contributed by atoms with E-state index in [1.165, 1.54) is 0 Å². The molecule has 0 rings (SSSR count). The fourth-order valence-electron chi connectivity index (χ4n) is 0.977. The molecule has 0 aliphatic carbocycles. The molecule has 0 saturated carbocycles. The van der Waals surface area contributed by atoms with Crippen molar-refractivity contribution in [2.24, 2.45) is 5.41 Å². The third kappa shape index (κ3) is 4.58. The van der Waals surface area contributed by atoms with E-state index in [2.05, 4.69) is 0 Å². The van der Waals surface area contributed by atoms with Gasteiger partial charge in [0.15, 0.2) is 0 Å². The molecule has 14 heavy (non-hydrogen) atoms. The first kappa shape index (κ1) is 13.4.